The predicted octanol–water partition coefficient (Wildman–Crippen LogP) is 5.39. The first-order valence-corrected chi connectivity index (χ1v) is 11.4. The van der Waals surface area contributed by atoms with Crippen LogP contribution in [0.2, 0.25) is 0 Å². The van der Waals surface area contributed by atoms with Gasteiger partial charge in [-0.3, -0.25) is 0 Å². The zero-order valence-corrected chi connectivity index (χ0v) is 19.5. The molecule has 0 unspecified atom stereocenters. The lowest BCUT2D eigenvalue weighted by atomic mass is 10.1. The van der Waals surface area contributed by atoms with E-state index in [1.54, 1.807) is 35.2 Å². The van der Waals surface area contributed by atoms with Crippen LogP contribution in [0.1, 0.15) is 11.1 Å². The summed E-state index contributed by atoms with van der Waals surface area (Å²) in [5.74, 6) is 0.301. The van der Waals surface area contributed by atoms with Crippen LogP contribution in [0.5, 0.6) is 11.5 Å². The predicted molar refractivity (Wildman–Crippen MR) is 130 cm³/mol. The van der Waals surface area contributed by atoms with Gasteiger partial charge in [0.15, 0.2) is 0 Å². The van der Waals surface area contributed by atoms with E-state index in [0.29, 0.717) is 37.7 Å². The zero-order valence-electron chi connectivity index (χ0n) is 19.5. The fraction of sp³-hybridized carbons (Fsp3) is 0.269. The van der Waals surface area contributed by atoms with E-state index in [1.807, 2.05) is 11.0 Å². The summed E-state index contributed by atoms with van der Waals surface area (Å²) < 4.78 is 60.8. The molecule has 0 spiro atoms. The van der Waals surface area contributed by atoms with E-state index in [4.69, 9.17) is 4.74 Å². The number of fused-ring (bicyclic) bond motifs is 1. The molecule has 0 radical (unpaired) electrons. The van der Waals surface area contributed by atoms with Crippen molar-refractivity contribution in [3.05, 3.63) is 77.6 Å². The van der Waals surface area contributed by atoms with Crippen molar-refractivity contribution in [2.45, 2.75) is 12.7 Å². The summed E-state index contributed by atoms with van der Waals surface area (Å²) in [6.45, 7) is 2.29. The third-order valence-corrected chi connectivity index (χ3v) is 6.41. The van der Waals surface area contributed by atoms with Gasteiger partial charge in [0, 0.05) is 43.5 Å². The third kappa shape index (κ3) is 4.50. The average molecular weight is 500 g/mol. The monoisotopic (exact) mass is 500 g/mol. The Morgan fingerprint density at radius 3 is 2.33 bits per heavy atom. The number of methoxy groups -OCH3 is 1. The number of anilines is 2. The maximum absolute atomic E-state index is 14.7. The Morgan fingerprint density at radius 2 is 1.64 bits per heavy atom. The summed E-state index contributed by atoms with van der Waals surface area (Å²) in [6.07, 6.45) is -4.54. The molecule has 2 aliphatic heterocycles. The minimum absolute atomic E-state index is 0.135. The highest BCUT2D eigenvalue weighted by Crippen LogP contribution is 2.40. The van der Waals surface area contributed by atoms with Crippen LogP contribution in [0, 0.1) is 5.82 Å². The van der Waals surface area contributed by atoms with E-state index in [0.717, 1.165) is 17.8 Å². The van der Waals surface area contributed by atoms with E-state index in [2.05, 4.69) is 9.89 Å². The lowest BCUT2D eigenvalue weighted by Gasteiger charge is -2.42. The molecule has 2 aliphatic rings. The molecule has 3 aromatic carbocycles. The van der Waals surface area contributed by atoms with Crippen LogP contribution in [0.3, 0.4) is 0 Å². The number of rotatable bonds is 3. The van der Waals surface area contributed by atoms with Crippen molar-refractivity contribution < 1.29 is 27.4 Å². The van der Waals surface area contributed by atoms with Crippen LogP contribution in [0.4, 0.5) is 34.6 Å². The maximum atomic E-state index is 14.7. The number of ether oxygens (including phenoxy) is 1. The molecule has 0 aliphatic carbocycles. The standard InChI is InChI=1S/C26H24F4N4O2/c1-36-23-9-8-18(26(28,29)30)14-22(23)34-16-17-4-2-7-21(27)24(17)31-25(34)33-12-10-32(11-13-33)19-5-3-6-20(35)15-19/h2-9,14-15,35H,10-13,16H2,1H3. The lowest BCUT2D eigenvalue weighted by molar-refractivity contribution is -0.137. The number of para-hydroxylation sites is 1. The van der Waals surface area contributed by atoms with Crippen molar-refractivity contribution in [1.82, 2.24) is 4.90 Å². The largest absolute Gasteiger partial charge is 0.508 e. The number of nitrogens with zero attached hydrogens (tertiary/aromatic N) is 4. The van der Waals surface area contributed by atoms with Crippen LogP contribution >= 0.6 is 0 Å². The van der Waals surface area contributed by atoms with E-state index < -0.39 is 17.6 Å². The van der Waals surface area contributed by atoms with Crippen LogP contribution in [-0.2, 0) is 12.7 Å². The van der Waals surface area contributed by atoms with E-state index in [-0.39, 0.29) is 29.4 Å². The molecule has 0 saturated carbocycles. The van der Waals surface area contributed by atoms with Crippen molar-refractivity contribution in [2.75, 3.05) is 43.1 Å². The van der Waals surface area contributed by atoms with Crippen molar-refractivity contribution in [2.24, 2.45) is 4.99 Å². The first kappa shape index (κ1) is 23.8. The molecular weight excluding hydrogens is 476 g/mol. The number of alkyl halides is 3. The second-order valence-electron chi connectivity index (χ2n) is 8.62. The molecule has 6 nitrogen and oxygen atoms in total. The first-order valence-electron chi connectivity index (χ1n) is 11.4. The molecule has 10 heteroatoms. The molecular formula is C26H24F4N4O2. The Hall–Kier alpha value is -3.95. The fourth-order valence-corrected chi connectivity index (χ4v) is 4.58. The maximum Gasteiger partial charge on any atom is 0.416 e. The van der Waals surface area contributed by atoms with Gasteiger partial charge in [0.1, 0.15) is 23.0 Å². The molecule has 3 aromatic rings. The number of guanidine groups is 1. The van der Waals surface area contributed by atoms with Crippen LogP contribution in [0.25, 0.3) is 0 Å². The van der Waals surface area contributed by atoms with Crippen LogP contribution in [-0.4, -0.2) is 49.3 Å². The molecule has 1 fully saturated rings. The Morgan fingerprint density at radius 1 is 0.917 bits per heavy atom. The van der Waals surface area contributed by atoms with Crippen LogP contribution in [0.15, 0.2) is 65.7 Å². The highest BCUT2D eigenvalue weighted by molar-refractivity contribution is 6.00. The number of hydrogen-bond acceptors (Lipinski definition) is 6. The van der Waals surface area contributed by atoms with Gasteiger partial charge in [-0.05, 0) is 36.4 Å². The van der Waals surface area contributed by atoms with Gasteiger partial charge in [-0.2, -0.15) is 13.2 Å². The molecule has 0 bridgehead atoms. The van der Waals surface area contributed by atoms with Gasteiger partial charge >= 0.3 is 6.18 Å². The molecule has 0 atom stereocenters. The van der Waals surface area contributed by atoms with E-state index in [9.17, 15) is 22.7 Å². The molecule has 5 rings (SSSR count). The first-order chi connectivity index (χ1) is 17.2. The van der Waals surface area contributed by atoms with Gasteiger partial charge in [0.05, 0.1) is 24.9 Å². The van der Waals surface area contributed by atoms with Gasteiger partial charge in [0.25, 0.3) is 0 Å². The molecule has 188 valence electrons. The SMILES string of the molecule is COc1ccc(C(F)(F)F)cc1N1Cc2cccc(F)c2N=C1N1CCN(c2cccc(O)c2)CC1. The van der Waals surface area contributed by atoms with Crippen molar-refractivity contribution in [3.63, 3.8) is 0 Å². The number of aliphatic imine (C=N–C) groups is 1. The molecule has 36 heavy (non-hydrogen) atoms. The molecule has 2 heterocycles. The topological polar surface area (TPSA) is 51.5 Å². The highest BCUT2D eigenvalue weighted by Gasteiger charge is 2.35. The fourth-order valence-electron chi connectivity index (χ4n) is 4.58. The van der Waals surface area contributed by atoms with Gasteiger partial charge in [-0.25, -0.2) is 9.38 Å². The summed E-state index contributed by atoms with van der Waals surface area (Å²) in [4.78, 5) is 10.3. The molecule has 0 amide bonds. The number of phenols is 1. The quantitative estimate of drug-likeness (QED) is 0.489. The normalized spacial score (nSPS) is 16.0. The molecule has 1 N–H and O–H groups in total. The van der Waals surface area contributed by atoms with Gasteiger partial charge in [-0.1, -0.05) is 18.2 Å². The Labute approximate surface area is 205 Å². The van der Waals surface area contributed by atoms with Crippen molar-refractivity contribution in [1.29, 1.82) is 0 Å². The van der Waals surface area contributed by atoms with Gasteiger partial charge in [-0.15, -0.1) is 0 Å². The van der Waals surface area contributed by atoms with Crippen molar-refractivity contribution >= 4 is 23.0 Å². The smallest absolute Gasteiger partial charge is 0.416 e. The number of phenolic OH excluding ortho intramolecular Hbond substituents is 1. The summed E-state index contributed by atoms with van der Waals surface area (Å²) >= 11 is 0. The van der Waals surface area contributed by atoms with Crippen LogP contribution < -0.4 is 14.5 Å². The van der Waals surface area contributed by atoms with E-state index in [1.165, 1.54) is 19.2 Å². The Bertz CT molecular complexity index is 1300. The van der Waals surface area contributed by atoms with E-state index >= 15 is 0 Å². The Kier molecular flexibility index (Phi) is 6.11. The highest BCUT2D eigenvalue weighted by atomic mass is 19.4. The molecule has 0 aromatic heterocycles. The minimum Gasteiger partial charge on any atom is -0.508 e. The lowest BCUT2D eigenvalue weighted by Crippen LogP contribution is -2.54. The summed E-state index contributed by atoms with van der Waals surface area (Å²) in [5.41, 5.74) is 1.02. The number of halogens is 4. The number of hydrogen-bond donors (Lipinski definition) is 1. The number of piperazine rings is 1. The summed E-state index contributed by atoms with van der Waals surface area (Å²) in [5, 5.41) is 9.82. The molecule has 1 saturated heterocycles. The Balaban J connectivity index is 1.52. The second kappa shape index (κ2) is 9.25. The zero-order chi connectivity index (χ0) is 25.4. The average Bonchev–Trinajstić information content (AvgIpc) is 2.87. The second-order valence-corrected chi connectivity index (χ2v) is 8.62. The minimum atomic E-state index is -4.54. The van der Waals surface area contributed by atoms with Gasteiger partial charge in [0.2, 0.25) is 5.96 Å². The number of benzene rings is 3. The summed E-state index contributed by atoms with van der Waals surface area (Å²) in [6, 6.07) is 14.9. The number of aromatic hydroxyl groups is 1. The van der Waals surface area contributed by atoms with Gasteiger partial charge < -0.3 is 24.5 Å². The van der Waals surface area contributed by atoms with Crippen molar-refractivity contribution in [3.8, 4) is 11.5 Å². The third-order valence-electron chi connectivity index (χ3n) is 6.41. The summed E-state index contributed by atoms with van der Waals surface area (Å²) in [7, 11) is 1.40.